The molecule has 1 saturated heterocycles. The standard InChI is InChI=1S/C28H34ClN9O3/c1-6-24(40)31-20-11-21(23(41-5)12-22(20)37-9-7-18(8-10-37)35(2)3)32-28-33-26(17-13-30-36(4)14-17)25-19(29)15-38(16-39)27(25)34-28/h6,11-15,18,39H,1,7-10,16H2,2-5H3,(H,31,40)(H,32,33,34). The van der Waals surface area contributed by atoms with Crippen LogP contribution in [0.5, 0.6) is 5.75 Å². The van der Waals surface area contributed by atoms with Crippen LogP contribution in [0.3, 0.4) is 0 Å². The number of carbonyl (C=O) groups is 1. The molecule has 0 saturated carbocycles. The zero-order valence-corrected chi connectivity index (χ0v) is 24.3. The number of ether oxygens (including phenoxy) is 1. The monoisotopic (exact) mass is 579 g/mol. The predicted octanol–water partition coefficient (Wildman–Crippen LogP) is 3.84. The molecule has 0 bridgehead atoms. The summed E-state index contributed by atoms with van der Waals surface area (Å²) in [6, 6.07) is 4.22. The number of benzene rings is 1. The molecule has 4 aromatic rings. The van der Waals surface area contributed by atoms with Crippen molar-refractivity contribution in [3.8, 4) is 17.0 Å². The number of nitrogens with one attached hydrogen (secondary N) is 2. The van der Waals surface area contributed by atoms with Crippen molar-refractivity contribution in [2.24, 2.45) is 7.05 Å². The van der Waals surface area contributed by atoms with E-state index < -0.39 is 0 Å². The zero-order valence-electron chi connectivity index (χ0n) is 23.6. The summed E-state index contributed by atoms with van der Waals surface area (Å²) in [5.74, 6) is 0.477. The Morgan fingerprint density at radius 1 is 1.24 bits per heavy atom. The van der Waals surface area contributed by atoms with Gasteiger partial charge in [-0.25, -0.2) is 4.98 Å². The highest BCUT2D eigenvalue weighted by molar-refractivity contribution is 6.36. The number of aryl methyl sites for hydroxylation is 1. The summed E-state index contributed by atoms with van der Waals surface area (Å²) in [7, 11) is 7.61. The predicted molar refractivity (Wildman–Crippen MR) is 161 cm³/mol. The highest BCUT2D eigenvalue weighted by atomic mass is 35.5. The van der Waals surface area contributed by atoms with Crippen molar-refractivity contribution < 1.29 is 14.6 Å². The number of aliphatic hydroxyl groups excluding tert-OH is 1. The highest BCUT2D eigenvalue weighted by Gasteiger charge is 2.25. The number of halogens is 1. The van der Waals surface area contributed by atoms with Gasteiger partial charge in [0.15, 0.2) is 0 Å². The lowest BCUT2D eigenvalue weighted by Gasteiger charge is -2.37. The van der Waals surface area contributed by atoms with Crippen molar-refractivity contribution in [3.05, 3.63) is 48.4 Å². The average Bonchev–Trinajstić information content (AvgIpc) is 3.55. The fourth-order valence-corrected chi connectivity index (χ4v) is 5.47. The summed E-state index contributed by atoms with van der Waals surface area (Å²) in [5, 5.41) is 21.4. The van der Waals surface area contributed by atoms with Crippen LogP contribution in [-0.4, -0.2) is 80.6 Å². The minimum atomic E-state index is -0.322. The molecule has 1 aliphatic rings. The van der Waals surface area contributed by atoms with Gasteiger partial charge >= 0.3 is 0 Å². The maximum absolute atomic E-state index is 12.4. The summed E-state index contributed by atoms with van der Waals surface area (Å²) < 4.78 is 9.00. The third-order valence-electron chi connectivity index (χ3n) is 7.34. The number of rotatable bonds is 9. The smallest absolute Gasteiger partial charge is 0.247 e. The molecular weight excluding hydrogens is 546 g/mol. The molecule has 216 valence electrons. The number of hydrogen-bond acceptors (Lipinski definition) is 9. The first-order valence-corrected chi connectivity index (χ1v) is 13.6. The van der Waals surface area contributed by atoms with Gasteiger partial charge in [-0.2, -0.15) is 10.1 Å². The van der Waals surface area contributed by atoms with Crippen molar-refractivity contribution >= 4 is 51.6 Å². The Bertz CT molecular complexity index is 1590. The lowest BCUT2D eigenvalue weighted by molar-refractivity contribution is -0.111. The largest absolute Gasteiger partial charge is 0.494 e. The SMILES string of the molecule is C=CC(=O)Nc1cc(Nc2nc(-c3cnn(C)c3)c3c(Cl)cn(CO)c3n2)c(OC)cc1N1CCC(N(C)C)CC1. The maximum Gasteiger partial charge on any atom is 0.247 e. The van der Waals surface area contributed by atoms with Gasteiger partial charge in [0.25, 0.3) is 0 Å². The molecule has 0 spiro atoms. The van der Waals surface area contributed by atoms with E-state index in [0.717, 1.165) is 37.2 Å². The van der Waals surface area contributed by atoms with Gasteiger partial charge in [-0.05, 0) is 39.1 Å². The van der Waals surface area contributed by atoms with Gasteiger partial charge in [-0.3, -0.25) is 9.48 Å². The van der Waals surface area contributed by atoms with Crippen LogP contribution in [0.25, 0.3) is 22.3 Å². The first kappa shape index (κ1) is 28.4. The molecule has 0 unspecified atom stereocenters. The molecule has 3 N–H and O–H groups in total. The zero-order chi connectivity index (χ0) is 29.3. The number of carbonyl (C=O) groups excluding carboxylic acids is 1. The number of nitrogens with zero attached hydrogens (tertiary/aromatic N) is 7. The Kier molecular flexibility index (Phi) is 8.15. The number of piperidine rings is 1. The molecule has 13 heteroatoms. The first-order chi connectivity index (χ1) is 19.7. The molecule has 0 atom stereocenters. The van der Waals surface area contributed by atoms with Gasteiger partial charge < -0.3 is 34.8 Å². The summed E-state index contributed by atoms with van der Waals surface area (Å²) in [6.45, 7) is 4.97. The lowest BCUT2D eigenvalue weighted by Crippen LogP contribution is -2.42. The van der Waals surface area contributed by atoms with Crippen LogP contribution in [0.15, 0.2) is 43.4 Å². The summed E-state index contributed by atoms with van der Waals surface area (Å²) in [6.07, 6.45) is 8.38. The Hall–Kier alpha value is -4.13. The van der Waals surface area contributed by atoms with Crippen LogP contribution >= 0.6 is 11.6 Å². The van der Waals surface area contributed by atoms with Crippen LogP contribution in [-0.2, 0) is 18.6 Å². The Labute approximate surface area is 243 Å². The van der Waals surface area contributed by atoms with Gasteiger partial charge in [0, 0.05) is 50.2 Å². The Morgan fingerprint density at radius 3 is 2.61 bits per heavy atom. The second kappa shape index (κ2) is 11.8. The van der Waals surface area contributed by atoms with Crippen molar-refractivity contribution in [2.75, 3.05) is 49.8 Å². The molecule has 1 aliphatic heterocycles. The first-order valence-electron chi connectivity index (χ1n) is 13.2. The molecule has 0 radical (unpaired) electrons. The molecule has 1 aromatic carbocycles. The van der Waals surface area contributed by atoms with Gasteiger partial charge in [-0.15, -0.1) is 0 Å². The Morgan fingerprint density at radius 2 is 2.00 bits per heavy atom. The van der Waals surface area contributed by atoms with Crippen molar-refractivity contribution in [1.29, 1.82) is 0 Å². The van der Waals surface area contributed by atoms with E-state index in [1.54, 1.807) is 24.2 Å². The molecule has 3 aromatic heterocycles. The van der Waals surface area contributed by atoms with E-state index in [1.807, 2.05) is 25.4 Å². The number of aliphatic hydroxyl groups is 1. The summed E-state index contributed by atoms with van der Waals surface area (Å²) in [5.41, 5.74) is 3.76. The quantitative estimate of drug-likeness (QED) is 0.254. The molecule has 5 rings (SSSR count). The molecule has 4 heterocycles. The van der Waals surface area contributed by atoms with Gasteiger partial charge in [0.05, 0.1) is 46.5 Å². The third-order valence-corrected chi connectivity index (χ3v) is 7.63. The average molecular weight is 580 g/mol. The van der Waals surface area contributed by atoms with Crippen molar-refractivity contribution in [3.63, 3.8) is 0 Å². The van der Waals surface area contributed by atoms with Gasteiger partial charge in [0.1, 0.15) is 18.1 Å². The fraction of sp³-hybridized carbons (Fsp3) is 0.357. The topological polar surface area (TPSA) is 126 Å². The Balaban J connectivity index is 1.58. The van der Waals surface area contributed by atoms with Crippen molar-refractivity contribution in [2.45, 2.75) is 25.6 Å². The molecular formula is C28H34ClN9O3. The molecule has 1 fully saturated rings. The van der Waals surface area contributed by atoms with E-state index in [4.69, 9.17) is 21.3 Å². The van der Waals surface area contributed by atoms with Gasteiger partial charge in [0.2, 0.25) is 11.9 Å². The number of methoxy groups -OCH3 is 1. The highest BCUT2D eigenvalue weighted by Crippen LogP contribution is 2.40. The van der Waals surface area contributed by atoms with E-state index in [2.05, 4.69) is 51.2 Å². The van der Waals surface area contributed by atoms with Crippen molar-refractivity contribution in [1.82, 2.24) is 29.2 Å². The molecule has 12 nitrogen and oxygen atoms in total. The number of fused-ring (bicyclic) bond motifs is 1. The van der Waals surface area contributed by atoms with E-state index >= 15 is 0 Å². The molecule has 1 amide bonds. The van der Waals surface area contributed by atoms with Crippen LogP contribution in [0.2, 0.25) is 5.02 Å². The van der Waals surface area contributed by atoms with Crippen LogP contribution in [0, 0.1) is 0 Å². The maximum atomic E-state index is 12.4. The molecule has 0 aliphatic carbocycles. The van der Waals surface area contributed by atoms with E-state index in [1.165, 1.54) is 10.6 Å². The third kappa shape index (κ3) is 5.71. The second-order valence-corrected chi connectivity index (χ2v) is 10.6. The fourth-order valence-electron chi connectivity index (χ4n) is 5.18. The summed E-state index contributed by atoms with van der Waals surface area (Å²) >= 11 is 6.54. The number of anilines is 4. The second-order valence-electron chi connectivity index (χ2n) is 10.2. The number of aromatic nitrogens is 5. The minimum absolute atomic E-state index is 0.250. The minimum Gasteiger partial charge on any atom is -0.494 e. The normalized spacial score (nSPS) is 14.1. The number of hydrogen-bond donors (Lipinski definition) is 3. The van der Waals surface area contributed by atoms with E-state index in [9.17, 15) is 9.90 Å². The van der Waals surface area contributed by atoms with Crippen LogP contribution in [0.4, 0.5) is 23.0 Å². The van der Waals surface area contributed by atoms with Crippen LogP contribution in [0.1, 0.15) is 12.8 Å². The van der Waals surface area contributed by atoms with Crippen LogP contribution < -0.4 is 20.3 Å². The van der Waals surface area contributed by atoms with E-state index in [0.29, 0.717) is 44.9 Å². The number of amides is 1. The molecule has 41 heavy (non-hydrogen) atoms. The lowest BCUT2D eigenvalue weighted by atomic mass is 10.0. The summed E-state index contributed by atoms with van der Waals surface area (Å²) in [4.78, 5) is 26.4. The van der Waals surface area contributed by atoms with E-state index in [-0.39, 0.29) is 18.6 Å². The van der Waals surface area contributed by atoms with Gasteiger partial charge in [-0.1, -0.05) is 18.2 Å².